The van der Waals surface area contributed by atoms with Crippen molar-refractivity contribution in [2.45, 2.75) is 11.4 Å². The van der Waals surface area contributed by atoms with Crippen molar-refractivity contribution in [1.82, 2.24) is 19.7 Å². The van der Waals surface area contributed by atoms with Gasteiger partial charge < -0.3 is 0 Å². The van der Waals surface area contributed by atoms with Gasteiger partial charge in [-0.1, -0.05) is 30.3 Å². The molecule has 0 unspecified atom stereocenters. The molecule has 140 valence electrons. The van der Waals surface area contributed by atoms with Gasteiger partial charge in [0.25, 0.3) is 0 Å². The first-order valence-corrected chi connectivity index (χ1v) is 9.80. The van der Waals surface area contributed by atoms with Crippen LogP contribution in [0.3, 0.4) is 0 Å². The van der Waals surface area contributed by atoms with Crippen LogP contribution < -0.4 is 5.14 Å². The topological polar surface area (TPSA) is 128 Å². The Morgan fingerprint density at radius 3 is 2.46 bits per heavy atom. The summed E-state index contributed by atoms with van der Waals surface area (Å²) < 4.78 is 24.3. The SMILES string of the molecule is NS(=O)(=O)c1ccc(CN=Nc2ncnc3c2cnn3-c2ccccc2)cc1. The summed E-state index contributed by atoms with van der Waals surface area (Å²) in [6, 6.07) is 15.8. The van der Waals surface area contributed by atoms with E-state index in [0.29, 0.717) is 16.9 Å². The smallest absolute Gasteiger partial charge is 0.225 e. The van der Waals surface area contributed by atoms with E-state index in [1.54, 1.807) is 23.0 Å². The first kappa shape index (κ1) is 17.9. The molecule has 0 fully saturated rings. The van der Waals surface area contributed by atoms with E-state index in [9.17, 15) is 8.42 Å². The van der Waals surface area contributed by atoms with E-state index in [-0.39, 0.29) is 11.4 Å². The fraction of sp³-hybridized carbons (Fsp3) is 0.0556. The number of fused-ring (bicyclic) bond motifs is 1. The lowest BCUT2D eigenvalue weighted by atomic mass is 10.2. The molecule has 0 atom stereocenters. The molecule has 10 heteroatoms. The van der Waals surface area contributed by atoms with Gasteiger partial charge in [0.05, 0.1) is 28.7 Å². The van der Waals surface area contributed by atoms with Gasteiger partial charge >= 0.3 is 0 Å². The van der Waals surface area contributed by atoms with Gasteiger partial charge in [0, 0.05) is 0 Å². The average Bonchev–Trinajstić information content (AvgIpc) is 3.13. The summed E-state index contributed by atoms with van der Waals surface area (Å²) in [5.74, 6) is 0.410. The van der Waals surface area contributed by atoms with Crippen LogP contribution in [0, 0.1) is 0 Å². The second-order valence-electron chi connectivity index (χ2n) is 5.91. The highest BCUT2D eigenvalue weighted by atomic mass is 32.2. The third-order valence-corrected chi connectivity index (χ3v) is 4.95. The lowest BCUT2D eigenvalue weighted by molar-refractivity contribution is 0.598. The summed E-state index contributed by atoms with van der Waals surface area (Å²) in [6.45, 7) is 0.267. The van der Waals surface area contributed by atoms with Gasteiger partial charge in [-0.05, 0) is 29.8 Å². The van der Waals surface area contributed by atoms with Gasteiger partial charge in [-0.3, -0.25) is 0 Å². The van der Waals surface area contributed by atoms with Gasteiger partial charge in [0.1, 0.15) is 6.33 Å². The summed E-state index contributed by atoms with van der Waals surface area (Å²) >= 11 is 0. The molecule has 0 bridgehead atoms. The zero-order valence-electron chi connectivity index (χ0n) is 14.5. The van der Waals surface area contributed by atoms with Crippen LogP contribution in [-0.2, 0) is 16.6 Å². The molecule has 0 saturated carbocycles. The molecular formula is C18H15N7O2S. The van der Waals surface area contributed by atoms with Crippen molar-refractivity contribution >= 4 is 26.9 Å². The lowest BCUT2D eigenvalue weighted by Crippen LogP contribution is -2.11. The van der Waals surface area contributed by atoms with E-state index in [2.05, 4.69) is 25.3 Å². The van der Waals surface area contributed by atoms with Crippen molar-refractivity contribution in [3.63, 3.8) is 0 Å². The summed E-state index contributed by atoms with van der Waals surface area (Å²) in [4.78, 5) is 8.52. The van der Waals surface area contributed by atoms with Crippen LogP contribution in [0.2, 0.25) is 0 Å². The molecule has 0 aliphatic carbocycles. The Bertz CT molecular complexity index is 1250. The number of nitrogens with zero attached hydrogens (tertiary/aromatic N) is 6. The highest BCUT2D eigenvalue weighted by molar-refractivity contribution is 7.89. The van der Waals surface area contributed by atoms with E-state index in [1.807, 2.05) is 30.3 Å². The normalized spacial score (nSPS) is 12.0. The van der Waals surface area contributed by atoms with Crippen LogP contribution in [0.4, 0.5) is 5.82 Å². The number of rotatable bonds is 5. The monoisotopic (exact) mass is 393 g/mol. The molecule has 4 aromatic rings. The number of hydrogen-bond acceptors (Lipinski definition) is 7. The molecule has 2 N–H and O–H groups in total. The van der Waals surface area contributed by atoms with Gasteiger partial charge in [0.15, 0.2) is 11.5 Å². The molecule has 4 rings (SSSR count). The minimum absolute atomic E-state index is 0.0547. The van der Waals surface area contributed by atoms with Gasteiger partial charge in [0.2, 0.25) is 10.0 Å². The summed E-state index contributed by atoms with van der Waals surface area (Å²) in [6.07, 6.45) is 3.07. The average molecular weight is 393 g/mol. The van der Waals surface area contributed by atoms with Crippen molar-refractivity contribution in [2.75, 3.05) is 0 Å². The molecule has 2 aromatic heterocycles. The second-order valence-corrected chi connectivity index (χ2v) is 7.48. The standard InChI is InChI=1S/C18H15N7O2S/c19-28(26,27)15-8-6-13(7-9-15)10-22-24-17-16-11-23-25(18(16)21-12-20-17)14-4-2-1-3-5-14/h1-9,11-12H,10H2,(H2,19,26,27). The minimum Gasteiger partial charge on any atom is -0.225 e. The fourth-order valence-electron chi connectivity index (χ4n) is 2.64. The predicted molar refractivity (Wildman–Crippen MR) is 103 cm³/mol. The Kier molecular flexibility index (Phi) is 4.63. The van der Waals surface area contributed by atoms with Gasteiger partial charge in [-0.2, -0.15) is 10.2 Å². The number of aromatic nitrogens is 4. The number of hydrogen-bond donors (Lipinski definition) is 1. The summed E-state index contributed by atoms with van der Waals surface area (Å²) in [5.41, 5.74) is 2.31. The van der Waals surface area contributed by atoms with Crippen LogP contribution in [0.5, 0.6) is 0 Å². The molecule has 28 heavy (non-hydrogen) atoms. The molecule has 0 amide bonds. The van der Waals surface area contributed by atoms with Crippen molar-refractivity contribution in [2.24, 2.45) is 15.4 Å². The molecule has 0 saturated heterocycles. The molecule has 2 aromatic carbocycles. The Morgan fingerprint density at radius 1 is 1.00 bits per heavy atom. The maximum Gasteiger partial charge on any atom is 0.238 e. The number of primary sulfonamides is 1. The van der Waals surface area contributed by atoms with Crippen molar-refractivity contribution in [3.05, 3.63) is 72.7 Å². The lowest BCUT2D eigenvalue weighted by Gasteiger charge is -2.02. The predicted octanol–water partition coefficient (Wildman–Crippen LogP) is 2.75. The van der Waals surface area contributed by atoms with Crippen molar-refractivity contribution in [3.8, 4) is 5.69 Å². The molecule has 0 radical (unpaired) electrons. The van der Waals surface area contributed by atoms with E-state index >= 15 is 0 Å². The highest BCUT2D eigenvalue weighted by Crippen LogP contribution is 2.24. The molecule has 0 spiro atoms. The quantitative estimate of drug-likeness (QED) is 0.521. The zero-order valence-corrected chi connectivity index (χ0v) is 15.4. The maximum absolute atomic E-state index is 11.3. The van der Waals surface area contributed by atoms with Crippen LogP contribution in [0.25, 0.3) is 16.7 Å². The minimum atomic E-state index is -3.71. The fourth-order valence-corrected chi connectivity index (χ4v) is 3.15. The van der Waals surface area contributed by atoms with Crippen molar-refractivity contribution in [1.29, 1.82) is 0 Å². The van der Waals surface area contributed by atoms with Gasteiger partial charge in [-0.15, -0.1) is 5.11 Å². The largest absolute Gasteiger partial charge is 0.238 e. The Hall–Kier alpha value is -3.50. The van der Waals surface area contributed by atoms with Crippen LogP contribution in [-0.4, -0.2) is 28.2 Å². The first-order chi connectivity index (χ1) is 13.5. The van der Waals surface area contributed by atoms with Crippen LogP contribution in [0.15, 0.2) is 82.2 Å². The van der Waals surface area contributed by atoms with Crippen molar-refractivity contribution < 1.29 is 8.42 Å². The molecule has 0 aliphatic heterocycles. The maximum atomic E-state index is 11.3. The number of nitrogens with two attached hydrogens (primary N) is 1. The number of azo groups is 1. The molecule has 0 aliphatic rings. The van der Waals surface area contributed by atoms with E-state index < -0.39 is 10.0 Å². The highest BCUT2D eigenvalue weighted by Gasteiger charge is 2.10. The van der Waals surface area contributed by atoms with Gasteiger partial charge in [-0.25, -0.2) is 28.2 Å². The van der Waals surface area contributed by atoms with Crippen LogP contribution in [0.1, 0.15) is 5.56 Å². The zero-order chi connectivity index (χ0) is 19.6. The Balaban J connectivity index is 1.57. The Morgan fingerprint density at radius 2 is 1.75 bits per heavy atom. The molecule has 9 nitrogen and oxygen atoms in total. The summed E-state index contributed by atoms with van der Waals surface area (Å²) in [7, 11) is -3.71. The second kappa shape index (κ2) is 7.25. The van der Waals surface area contributed by atoms with E-state index in [4.69, 9.17) is 5.14 Å². The number of sulfonamides is 1. The Labute approximate surface area is 160 Å². The first-order valence-electron chi connectivity index (χ1n) is 8.26. The molecule has 2 heterocycles. The van der Waals surface area contributed by atoms with Crippen LogP contribution >= 0.6 is 0 Å². The number of para-hydroxylation sites is 1. The van der Waals surface area contributed by atoms with E-state index in [1.165, 1.54) is 18.5 Å². The summed E-state index contributed by atoms with van der Waals surface area (Å²) in [5, 5.41) is 18.5. The number of benzene rings is 2. The van der Waals surface area contributed by atoms with E-state index in [0.717, 1.165) is 11.3 Å². The molecular weight excluding hydrogens is 378 g/mol. The third-order valence-electron chi connectivity index (χ3n) is 4.02. The third kappa shape index (κ3) is 3.63.